The van der Waals surface area contributed by atoms with Crippen LogP contribution in [0.2, 0.25) is 0 Å². The van der Waals surface area contributed by atoms with Crippen LogP contribution in [0, 0.1) is 23.2 Å². The van der Waals surface area contributed by atoms with Crippen molar-refractivity contribution in [2.75, 3.05) is 11.9 Å². The van der Waals surface area contributed by atoms with E-state index in [4.69, 9.17) is 0 Å². The van der Waals surface area contributed by atoms with Crippen LogP contribution in [0.3, 0.4) is 0 Å². The quantitative estimate of drug-likeness (QED) is 0.906. The van der Waals surface area contributed by atoms with Crippen LogP contribution in [-0.4, -0.2) is 11.5 Å². The van der Waals surface area contributed by atoms with Crippen LogP contribution >= 0.6 is 0 Å². The van der Waals surface area contributed by atoms with Gasteiger partial charge in [-0.05, 0) is 55.6 Å². The number of nitrogens with one attached hydrogen (secondary N) is 1. The number of hydrogen-bond donors (Lipinski definition) is 1. The highest BCUT2D eigenvalue weighted by Crippen LogP contribution is 2.31. The molecule has 3 nitrogen and oxygen atoms in total. The molecule has 0 amide bonds. The molecule has 2 aliphatic carbocycles. The van der Waals surface area contributed by atoms with Gasteiger partial charge in [0.15, 0.2) is 0 Å². The standard InChI is InChI=1S/C18H25N3/c1-13-4-2-5-14(10-13)8-9-20-18-16(12-19)11-15-6-3-7-17(15)21-18/h11,13-14H,2-10H2,1H3,(H,20,21). The van der Waals surface area contributed by atoms with Crippen molar-refractivity contribution in [2.24, 2.45) is 11.8 Å². The van der Waals surface area contributed by atoms with E-state index in [-0.39, 0.29) is 0 Å². The van der Waals surface area contributed by atoms with Gasteiger partial charge in [0.2, 0.25) is 0 Å². The fourth-order valence-electron chi connectivity index (χ4n) is 3.91. The van der Waals surface area contributed by atoms with Gasteiger partial charge in [-0.1, -0.05) is 26.2 Å². The lowest BCUT2D eigenvalue weighted by atomic mass is 9.81. The fraction of sp³-hybridized carbons (Fsp3) is 0.667. The Bertz CT molecular complexity index is 544. The Kier molecular flexibility index (Phi) is 4.43. The molecule has 0 aromatic carbocycles. The molecule has 0 bridgehead atoms. The van der Waals surface area contributed by atoms with E-state index in [1.54, 1.807) is 0 Å². The van der Waals surface area contributed by atoms with Crippen LogP contribution in [0.1, 0.15) is 62.3 Å². The van der Waals surface area contributed by atoms with Crippen molar-refractivity contribution >= 4 is 5.82 Å². The molecule has 1 aromatic rings. The molecular weight excluding hydrogens is 258 g/mol. The molecule has 2 aliphatic rings. The predicted octanol–water partition coefficient (Wildman–Crippen LogP) is 4.07. The SMILES string of the molecule is CC1CCCC(CCNc2nc3c(cc2C#N)CCC3)C1. The molecule has 1 heterocycles. The van der Waals surface area contributed by atoms with Crippen molar-refractivity contribution in [3.05, 3.63) is 22.9 Å². The van der Waals surface area contributed by atoms with E-state index in [9.17, 15) is 5.26 Å². The van der Waals surface area contributed by atoms with Gasteiger partial charge in [0.05, 0.1) is 5.56 Å². The molecule has 3 rings (SSSR count). The van der Waals surface area contributed by atoms with Crippen LogP contribution in [0.5, 0.6) is 0 Å². The van der Waals surface area contributed by atoms with Crippen molar-refractivity contribution in [2.45, 2.75) is 58.3 Å². The van der Waals surface area contributed by atoms with E-state index in [1.165, 1.54) is 49.8 Å². The Labute approximate surface area is 127 Å². The Morgan fingerprint density at radius 2 is 2.24 bits per heavy atom. The molecule has 1 fully saturated rings. The van der Waals surface area contributed by atoms with Crippen molar-refractivity contribution in [1.82, 2.24) is 4.98 Å². The van der Waals surface area contributed by atoms with Crippen molar-refractivity contribution < 1.29 is 0 Å². The minimum absolute atomic E-state index is 0.715. The number of aryl methyl sites for hydroxylation is 2. The number of nitrogens with zero attached hydrogens (tertiary/aromatic N) is 2. The molecule has 112 valence electrons. The second-order valence-electron chi connectivity index (χ2n) is 6.81. The predicted molar refractivity (Wildman–Crippen MR) is 85.2 cm³/mol. The van der Waals surface area contributed by atoms with Crippen LogP contribution < -0.4 is 5.32 Å². The van der Waals surface area contributed by atoms with Gasteiger partial charge in [-0.15, -0.1) is 0 Å². The Morgan fingerprint density at radius 1 is 1.33 bits per heavy atom. The van der Waals surface area contributed by atoms with E-state index in [0.717, 1.165) is 37.0 Å². The second kappa shape index (κ2) is 6.47. The summed E-state index contributed by atoms with van der Waals surface area (Å²) >= 11 is 0. The maximum absolute atomic E-state index is 9.30. The molecule has 21 heavy (non-hydrogen) atoms. The first-order valence-electron chi connectivity index (χ1n) is 8.43. The monoisotopic (exact) mass is 283 g/mol. The molecule has 0 aliphatic heterocycles. The first-order chi connectivity index (χ1) is 10.3. The molecule has 0 spiro atoms. The summed E-state index contributed by atoms with van der Waals surface area (Å²) in [4.78, 5) is 4.69. The van der Waals surface area contributed by atoms with Crippen LogP contribution in [-0.2, 0) is 12.8 Å². The molecule has 2 atom stereocenters. The number of pyridine rings is 1. The summed E-state index contributed by atoms with van der Waals surface area (Å²) in [5, 5.41) is 12.7. The number of fused-ring (bicyclic) bond motifs is 1. The third-order valence-corrected chi connectivity index (χ3v) is 5.06. The zero-order valence-corrected chi connectivity index (χ0v) is 13.0. The molecule has 0 saturated heterocycles. The fourth-order valence-corrected chi connectivity index (χ4v) is 3.91. The molecule has 2 unspecified atom stereocenters. The van der Waals surface area contributed by atoms with Crippen LogP contribution in [0.25, 0.3) is 0 Å². The summed E-state index contributed by atoms with van der Waals surface area (Å²) in [6, 6.07) is 4.34. The summed E-state index contributed by atoms with van der Waals surface area (Å²) < 4.78 is 0. The number of anilines is 1. The third kappa shape index (κ3) is 3.37. The van der Waals surface area contributed by atoms with E-state index in [0.29, 0.717) is 5.56 Å². The van der Waals surface area contributed by atoms with Crippen molar-refractivity contribution in [1.29, 1.82) is 5.26 Å². The highest BCUT2D eigenvalue weighted by molar-refractivity contribution is 5.55. The lowest BCUT2D eigenvalue weighted by molar-refractivity contribution is 0.274. The molecule has 1 N–H and O–H groups in total. The summed E-state index contributed by atoms with van der Waals surface area (Å²) in [7, 11) is 0. The normalized spacial score (nSPS) is 24.4. The van der Waals surface area contributed by atoms with Gasteiger partial charge in [-0.2, -0.15) is 5.26 Å². The maximum atomic E-state index is 9.30. The third-order valence-electron chi connectivity index (χ3n) is 5.06. The van der Waals surface area contributed by atoms with Gasteiger partial charge < -0.3 is 5.32 Å². The van der Waals surface area contributed by atoms with Gasteiger partial charge in [0.1, 0.15) is 11.9 Å². The van der Waals surface area contributed by atoms with E-state index < -0.39 is 0 Å². The van der Waals surface area contributed by atoms with Crippen molar-refractivity contribution in [3.63, 3.8) is 0 Å². The van der Waals surface area contributed by atoms with Crippen molar-refractivity contribution in [3.8, 4) is 6.07 Å². The average Bonchev–Trinajstić information content (AvgIpc) is 2.93. The number of nitriles is 1. The maximum Gasteiger partial charge on any atom is 0.144 e. The Balaban J connectivity index is 1.59. The van der Waals surface area contributed by atoms with E-state index >= 15 is 0 Å². The van der Waals surface area contributed by atoms with Gasteiger partial charge in [-0.25, -0.2) is 4.98 Å². The van der Waals surface area contributed by atoms with Gasteiger partial charge >= 0.3 is 0 Å². The van der Waals surface area contributed by atoms with Crippen LogP contribution in [0.4, 0.5) is 5.82 Å². The lowest BCUT2D eigenvalue weighted by Crippen LogP contribution is -2.17. The summed E-state index contributed by atoms with van der Waals surface area (Å²) in [6.45, 7) is 3.31. The summed E-state index contributed by atoms with van der Waals surface area (Å²) in [5.74, 6) is 2.54. The smallest absolute Gasteiger partial charge is 0.144 e. The summed E-state index contributed by atoms with van der Waals surface area (Å²) in [5.41, 5.74) is 3.19. The van der Waals surface area contributed by atoms with Gasteiger partial charge in [0, 0.05) is 12.2 Å². The van der Waals surface area contributed by atoms with E-state index in [1.807, 2.05) is 6.07 Å². The first kappa shape index (κ1) is 14.4. The number of rotatable bonds is 4. The van der Waals surface area contributed by atoms with Gasteiger partial charge in [0.25, 0.3) is 0 Å². The lowest BCUT2D eigenvalue weighted by Gasteiger charge is -2.26. The largest absolute Gasteiger partial charge is 0.369 e. The summed E-state index contributed by atoms with van der Waals surface area (Å²) in [6.07, 6.45) is 10.0. The van der Waals surface area contributed by atoms with Crippen LogP contribution in [0.15, 0.2) is 6.07 Å². The zero-order valence-electron chi connectivity index (χ0n) is 13.0. The molecule has 1 saturated carbocycles. The number of aromatic nitrogens is 1. The topological polar surface area (TPSA) is 48.7 Å². The average molecular weight is 283 g/mol. The molecule has 0 radical (unpaired) electrons. The molecule has 1 aromatic heterocycles. The van der Waals surface area contributed by atoms with Gasteiger partial charge in [-0.3, -0.25) is 0 Å². The van der Waals surface area contributed by atoms with E-state index in [2.05, 4.69) is 23.3 Å². The molecule has 3 heteroatoms. The first-order valence-corrected chi connectivity index (χ1v) is 8.43. The minimum Gasteiger partial charge on any atom is -0.369 e. The highest BCUT2D eigenvalue weighted by Gasteiger charge is 2.19. The minimum atomic E-state index is 0.715. The Morgan fingerprint density at radius 3 is 3.05 bits per heavy atom. The highest BCUT2D eigenvalue weighted by atomic mass is 15.0. The molecular formula is C18H25N3. The number of hydrogen-bond acceptors (Lipinski definition) is 3. The Hall–Kier alpha value is -1.56. The zero-order chi connectivity index (χ0) is 14.7. The second-order valence-corrected chi connectivity index (χ2v) is 6.81.